The summed E-state index contributed by atoms with van der Waals surface area (Å²) in [6, 6.07) is 6.33. The Bertz CT molecular complexity index is 788. The number of nitrogens with one attached hydrogen (secondary N) is 1. The maximum absolute atomic E-state index is 13.0. The zero-order valence-corrected chi connectivity index (χ0v) is 13.9. The fourth-order valence-electron chi connectivity index (χ4n) is 3.25. The molecule has 1 aliphatic rings. The first-order valence-electron chi connectivity index (χ1n) is 8.25. The molecule has 2 aromatic rings. The minimum atomic E-state index is -0.554. The van der Waals surface area contributed by atoms with Crippen molar-refractivity contribution in [3.8, 4) is 0 Å². The number of aryl methyl sites for hydroxylation is 1. The van der Waals surface area contributed by atoms with Gasteiger partial charge in [-0.25, -0.2) is 4.39 Å². The van der Waals surface area contributed by atoms with Gasteiger partial charge in [-0.15, -0.1) is 0 Å². The smallest absolute Gasteiger partial charge is 0.322 e. The second kappa shape index (κ2) is 7.00. The number of aromatic nitrogens is 2. The number of carbonyl (C=O) groups is 1. The molecule has 1 fully saturated rings. The van der Waals surface area contributed by atoms with Gasteiger partial charge in [0.1, 0.15) is 11.5 Å². The maximum atomic E-state index is 13.0. The molecule has 1 N–H and O–H groups in total. The third-order valence-electron chi connectivity index (χ3n) is 4.56. The molecule has 1 amide bonds. The van der Waals surface area contributed by atoms with Gasteiger partial charge in [0.2, 0.25) is 5.69 Å². The van der Waals surface area contributed by atoms with Gasteiger partial charge >= 0.3 is 5.69 Å². The van der Waals surface area contributed by atoms with Crippen molar-refractivity contribution in [2.45, 2.75) is 26.2 Å². The van der Waals surface area contributed by atoms with Gasteiger partial charge in [-0.3, -0.25) is 20.0 Å². The zero-order valence-electron chi connectivity index (χ0n) is 13.9. The van der Waals surface area contributed by atoms with Crippen molar-refractivity contribution in [3.05, 3.63) is 57.1 Å². The van der Waals surface area contributed by atoms with Crippen LogP contribution in [0.15, 0.2) is 24.3 Å². The van der Waals surface area contributed by atoms with E-state index in [1.807, 2.05) is 0 Å². The fraction of sp³-hybridized carbons (Fsp3) is 0.412. The van der Waals surface area contributed by atoms with Crippen molar-refractivity contribution >= 4 is 11.6 Å². The molecule has 3 rings (SSSR count). The van der Waals surface area contributed by atoms with E-state index in [1.165, 1.54) is 12.1 Å². The van der Waals surface area contributed by atoms with Crippen molar-refractivity contribution in [3.63, 3.8) is 0 Å². The Labute approximate surface area is 144 Å². The van der Waals surface area contributed by atoms with Crippen LogP contribution in [0.25, 0.3) is 0 Å². The Morgan fingerprint density at radius 2 is 2.16 bits per heavy atom. The highest BCUT2D eigenvalue weighted by Crippen LogP contribution is 2.27. The normalized spacial score (nSPS) is 17.0. The summed E-state index contributed by atoms with van der Waals surface area (Å²) < 4.78 is 13.0. The summed E-state index contributed by atoms with van der Waals surface area (Å²) in [5.41, 5.74) is 1.02. The third kappa shape index (κ3) is 3.52. The predicted octanol–water partition coefficient (Wildman–Crippen LogP) is 2.72. The van der Waals surface area contributed by atoms with Gasteiger partial charge in [0.25, 0.3) is 5.91 Å². The molecule has 0 radical (unpaired) electrons. The van der Waals surface area contributed by atoms with Crippen LogP contribution in [0.3, 0.4) is 0 Å². The van der Waals surface area contributed by atoms with Crippen LogP contribution in [0.4, 0.5) is 10.1 Å². The number of hydrogen-bond acceptors (Lipinski definition) is 4. The lowest BCUT2D eigenvalue weighted by Crippen LogP contribution is -2.29. The van der Waals surface area contributed by atoms with Crippen LogP contribution in [0, 0.1) is 21.8 Å². The lowest BCUT2D eigenvalue weighted by atomic mass is 9.99. The van der Waals surface area contributed by atoms with E-state index in [2.05, 4.69) is 10.2 Å². The molecule has 1 unspecified atom stereocenters. The third-order valence-corrected chi connectivity index (χ3v) is 4.56. The molecule has 1 saturated heterocycles. The van der Waals surface area contributed by atoms with Gasteiger partial charge in [0.05, 0.1) is 4.92 Å². The van der Waals surface area contributed by atoms with E-state index < -0.39 is 10.8 Å². The minimum Gasteiger partial charge on any atom is -0.337 e. The summed E-state index contributed by atoms with van der Waals surface area (Å²) in [6.45, 7) is 2.82. The SMILES string of the molecule is CCc1[nH]nc(C(=O)N2CCC(Cc3ccc(F)cc3)C2)c1[N+](=O)[O-]. The van der Waals surface area contributed by atoms with Crippen LogP contribution < -0.4 is 0 Å². The van der Waals surface area contributed by atoms with Crippen molar-refractivity contribution in [1.82, 2.24) is 15.1 Å². The number of nitrogens with zero attached hydrogens (tertiary/aromatic N) is 3. The Morgan fingerprint density at radius 3 is 2.80 bits per heavy atom. The molecule has 0 bridgehead atoms. The highest BCUT2D eigenvalue weighted by molar-refractivity contribution is 5.96. The van der Waals surface area contributed by atoms with Crippen molar-refractivity contribution < 1.29 is 14.1 Å². The number of aromatic amines is 1. The van der Waals surface area contributed by atoms with E-state index in [-0.39, 0.29) is 23.1 Å². The molecule has 8 heteroatoms. The average Bonchev–Trinajstić information content (AvgIpc) is 3.23. The number of benzene rings is 1. The van der Waals surface area contributed by atoms with E-state index in [1.54, 1.807) is 24.0 Å². The molecule has 1 aromatic heterocycles. The van der Waals surface area contributed by atoms with Crippen LogP contribution >= 0.6 is 0 Å². The van der Waals surface area contributed by atoms with Crippen molar-refractivity contribution in [1.29, 1.82) is 0 Å². The molecular weight excluding hydrogens is 327 g/mol. The first kappa shape index (κ1) is 17.1. The summed E-state index contributed by atoms with van der Waals surface area (Å²) in [6.07, 6.45) is 1.96. The first-order valence-corrected chi connectivity index (χ1v) is 8.25. The van der Waals surface area contributed by atoms with Crippen molar-refractivity contribution in [2.24, 2.45) is 5.92 Å². The Kier molecular flexibility index (Phi) is 4.78. The van der Waals surface area contributed by atoms with E-state index in [9.17, 15) is 19.3 Å². The van der Waals surface area contributed by atoms with E-state index >= 15 is 0 Å². The first-order chi connectivity index (χ1) is 12.0. The standard InChI is InChI=1S/C17H19FN4O3/c1-2-14-16(22(24)25)15(20-19-14)17(23)21-8-7-12(10-21)9-11-3-5-13(18)6-4-11/h3-6,12H,2,7-10H2,1H3,(H,19,20). The number of rotatable bonds is 5. The molecule has 25 heavy (non-hydrogen) atoms. The van der Waals surface area contributed by atoms with Gasteiger partial charge in [0.15, 0.2) is 0 Å². The van der Waals surface area contributed by atoms with E-state index in [0.29, 0.717) is 25.2 Å². The van der Waals surface area contributed by atoms with Crippen LogP contribution in [0.5, 0.6) is 0 Å². The molecule has 1 atom stereocenters. The number of likely N-dealkylation sites (tertiary alicyclic amines) is 1. The van der Waals surface area contributed by atoms with Gasteiger partial charge in [-0.1, -0.05) is 19.1 Å². The average molecular weight is 346 g/mol. The van der Waals surface area contributed by atoms with Crippen LogP contribution in [-0.2, 0) is 12.8 Å². The molecule has 1 aliphatic heterocycles. The summed E-state index contributed by atoms with van der Waals surface area (Å²) in [7, 11) is 0. The zero-order chi connectivity index (χ0) is 18.0. The van der Waals surface area contributed by atoms with E-state index in [4.69, 9.17) is 0 Å². The lowest BCUT2D eigenvalue weighted by molar-refractivity contribution is -0.385. The minimum absolute atomic E-state index is 0.121. The Hall–Kier alpha value is -2.77. The number of nitro groups is 1. The fourth-order valence-corrected chi connectivity index (χ4v) is 3.25. The number of carbonyl (C=O) groups excluding carboxylic acids is 1. The van der Waals surface area contributed by atoms with Gasteiger partial charge < -0.3 is 4.90 Å². The number of amides is 1. The Morgan fingerprint density at radius 1 is 1.44 bits per heavy atom. The second-order valence-corrected chi connectivity index (χ2v) is 6.25. The quantitative estimate of drug-likeness (QED) is 0.665. The highest BCUT2D eigenvalue weighted by atomic mass is 19.1. The summed E-state index contributed by atoms with van der Waals surface area (Å²) >= 11 is 0. The largest absolute Gasteiger partial charge is 0.337 e. The van der Waals surface area contributed by atoms with Crippen molar-refractivity contribution in [2.75, 3.05) is 13.1 Å². The Balaban J connectivity index is 1.69. The number of hydrogen-bond donors (Lipinski definition) is 1. The van der Waals surface area contributed by atoms with Crippen LogP contribution in [0.2, 0.25) is 0 Å². The number of H-pyrrole nitrogens is 1. The lowest BCUT2D eigenvalue weighted by Gasteiger charge is -2.15. The molecule has 0 saturated carbocycles. The van der Waals surface area contributed by atoms with Gasteiger partial charge in [-0.2, -0.15) is 5.10 Å². The van der Waals surface area contributed by atoms with Crippen LogP contribution in [0.1, 0.15) is 35.1 Å². The van der Waals surface area contributed by atoms with E-state index in [0.717, 1.165) is 18.4 Å². The number of halogens is 1. The predicted molar refractivity (Wildman–Crippen MR) is 88.7 cm³/mol. The molecule has 0 aliphatic carbocycles. The van der Waals surface area contributed by atoms with Gasteiger partial charge in [-0.05, 0) is 42.9 Å². The molecule has 7 nitrogen and oxygen atoms in total. The monoisotopic (exact) mass is 346 g/mol. The summed E-state index contributed by atoms with van der Waals surface area (Å²) in [5.74, 6) is -0.438. The second-order valence-electron chi connectivity index (χ2n) is 6.25. The van der Waals surface area contributed by atoms with Crippen LogP contribution in [-0.4, -0.2) is 39.0 Å². The molecule has 1 aromatic carbocycles. The topological polar surface area (TPSA) is 92.1 Å². The maximum Gasteiger partial charge on any atom is 0.322 e. The molecule has 2 heterocycles. The molecular formula is C17H19FN4O3. The summed E-state index contributed by atoms with van der Waals surface area (Å²) in [4.78, 5) is 24.9. The highest BCUT2D eigenvalue weighted by Gasteiger charge is 2.34. The summed E-state index contributed by atoms with van der Waals surface area (Å²) in [5, 5.41) is 17.7. The molecule has 0 spiro atoms. The molecule has 132 valence electrons. The van der Waals surface area contributed by atoms with Gasteiger partial charge in [0, 0.05) is 13.1 Å².